The Balaban J connectivity index is 1.36. The van der Waals surface area contributed by atoms with Crippen molar-refractivity contribution in [2.45, 2.75) is 38.2 Å². The maximum Gasteiger partial charge on any atom is 0.244 e. The predicted molar refractivity (Wildman–Crippen MR) is 123 cm³/mol. The van der Waals surface area contributed by atoms with E-state index in [2.05, 4.69) is 32.3 Å². The van der Waals surface area contributed by atoms with Gasteiger partial charge in [0.05, 0.1) is 11.6 Å². The Bertz CT molecular complexity index is 1090. The van der Waals surface area contributed by atoms with Crippen molar-refractivity contribution in [2.75, 3.05) is 18.8 Å². The molecule has 0 aliphatic carbocycles. The third kappa shape index (κ3) is 4.60. The number of carbonyl (C=O) groups is 1. The van der Waals surface area contributed by atoms with Gasteiger partial charge in [0.15, 0.2) is 5.78 Å². The molecule has 0 saturated heterocycles. The van der Waals surface area contributed by atoms with E-state index < -0.39 is 4.99 Å². The number of fused-ring (bicyclic) bond motifs is 1. The summed E-state index contributed by atoms with van der Waals surface area (Å²) in [5.41, 5.74) is 5.89. The largest absolute Gasteiger partial charge is 0.299 e. The summed E-state index contributed by atoms with van der Waals surface area (Å²) in [6.45, 7) is 6.44. The minimum Gasteiger partial charge on any atom is -0.299 e. The molecule has 31 heavy (non-hydrogen) atoms. The molecule has 2 aliphatic rings. The van der Waals surface area contributed by atoms with Gasteiger partial charge in [-0.2, -0.15) is 5.26 Å². The Morgan fingerprint density at radius 1 is 1.26 bits per heavy atom. The average molecular weight is 432 g/mol. The zero-order valence-corrected chi connectivity index (χ0v) is 18.7. The molecule has 1 atom stereocenters. The molecule has 0 N–H and O–H groups in total. The van der Waals surface area contributed by atoms with Crippen LogP contribution in [0.25, 0.3) is 0 Å². The monoisotopic (exact) mass is 431 g/mol. The zero-order chi connectivity index (χ0) is 21.8. The number of hydrogen-bond acceptors (Lipinski definition) is 7. The lowest BCUT2D eigenvalue weighted by Gasteiger charge is -2.29. The number of thioether (sulfide) groups is 1. The van der Waals surface area contributed by atoms with E-state index in [4.69, 9.17) is 0 Å². The quantitative estimate of drug-likeness (QED) is 0.463. The second-order valence-electron chi connectivity index (χ2n) is 7.98. The molecule has 2 aromatic carbocycles. The Kier molecular flexibility index (Phi) is 6.30. The van der Waals surface area contributed by atoms with Gasteiger partial charge < -0.3 is 0 Å². The highest BCUT2D eigenvalue weighted by atomic mass is 32.2. The predicted octanol–water partition coefficient (Wildman–Crippen LogP) is 4.86. The molecular weight excluding hydrogens is 406 g/mol. The molecule has 0 saturated carbocycles. The van der Waals surface area contributed by atoms with E-state index in [-0.39, 0.29) is 5.78 Å². The lowest BCUT2D eigenvalue weighted by Crippen LogP contribution is -2.32. The Labute approximate surface area is 187 Å². The zero-order valence-electron chi connectivity index (χ0n) is 17.8. The minimum absolute atomic E-state index is 0.114. The molecule has 0 radical (unpaired) electrons. The van der Waals surface area contributed by atoms with Gasteiger partial charge in [0, 0.05) is 24.2 Å². The van der Waals surface area contributed by atoms with Crippen molar-refractivity contribution in [3.63, 3.8) is 0 Å². The first-order valence-corrected chi connectivity index (χ1v) is 11.5. The van der Waals surface area contributed by atoms with Gasteiger partial charge in [0.2, 0.25) is 4.99 Å². The Morgan fingerprint density at radius 2 is 2.13 bits per heavy atom. The number of Topliss-reactive ketones (excluding diaryl/α,β-unsaturated/α-hetero) is 1. The summed E-state index contributed by atoms with van der Waals surface area (Å²) in [5, 5.41) is 17.8. The van der Waals surface area contributed by atoms with Gasteiger partial charge in [-0.25, -0.2) is 4.99 Å². The topological polar surface area (TPSA) is 81.2 Å². The number of azo groups is 1. The molecule has 0 amide bonds. The van der Waals surface area contributed by atoms with Crippen LogP contribution in [-0.4, -0.2) is 35.9 Å². The number of hydrogen-bond donors (Lipinski definition) is 0. The fourth-order valence-corrected chi connectivity index (χ4v) is 5.07. The van der Waals surface area contributed by atoms with Crippen LogP contribution in [0.5, 0.6) is 0 Å². The van der Waals surface area contributed by atoms with Crippen LogP contribution < -0.4 is 0 Å². The van der Waals surface area contributed by atoms with Crippen molar-refractivity contribution in [1.29, 1.82) is 5.26 Å². The second-order valence-corrected chi connectivity index (χ2v) is 9.24. The van der Waals surface area contributed by atoms with Crippen molar-refractivity contribution in [2.24, 2.45) is 15.2 Å². The van der Waals surface area contributed by atoms with Crippen LogP contribution in [0.2, 0.25) is 0 Å². The van der Waals surface area contributed by atoms with Gasteiger partial charge in [-0.05, 0) is 67.8 Å². The molecule has 0 bridgehead atoms. The standard InChI is InChI=1S/C24H25N5OS/c1-17-4-7-23(13-21(17)14-25)24(26-16-27-28-24)31-11-3-9-29-10-8-19-5-6-20(18(2)30)12-22(19)15-29/h4-7,12-13,16H,3,8-11,15H2,1-2H3. The van der Waals surface area contributed by atoms with Crippen LogP contribution in [0, 0.1) is 18.3 Å². The number of benzene rings is 2. The summed E-state index contributed by atoms with van der Waals surface area (Å²) in [5.74, 6) is 0.992. The molecule has 2 heterocycles. The summed E-state index contributed by atoms with van der Waals surface area (Å²) >= 11 is 1.65. The highest BCUT2D eigenvalue weighted by Crippen LogP contribution is 2.42. The lowest BCUT2D eigenvalue weighted by atomic mass is 9.96. The summed E-state index contributed by atoms with van der Waals surface area (Å²) in [4.78, 5) is 17.9. The maximum absolute atomic E-state index is 11.7. The number of nitriles is 1. The van der Waals surface area contributed by atoms with Crippen LogP contribution in [-0.2, 0) is 18.0 Å². The third-order valence-electron chi connectivity index (χ3n) is 5.84. The van der Waals surface area contributed by atoms with Crippen LogP contribution in [0.4, 0.5) is 0 Å². The van der Waals surface area contributed by atoms with Crippen molar-refractivity contribution in [3.05, 3.63) is 69.8 Å². The van der Waals surface area contributed by atoms with Crippen molar-refractivity contribution in [3.8, 4) is 6.07 Å². The molecule has 2 aromatic rings. The number of carbonyl (C=O) groups excluding carboxylic acids is 1. The summed E-state index contributed by atoms with van der Waals surface area (Å²) < 4.78 is 0. The van der Waals surface area contributed by atoms with Crippen LogP contribution in [0.3, 0.4) is 0 Å². The molecule has 158 valence electrons. The van der Waals surface area contributed by atoms with E-state index in [0.717, 1.165) is 54.9 Å². The van der Waals surface area contributed by atoms with Gasteiger partial charge in [0.25, 0.3) is 0 Å². The number of aliphatic imine (C=N–C) groups is 1. The smallest absolute Gasteiger partial charge is 0.244 e. The number of ketones is 1. The molecule has 1 unspecified atom stereocenters. The SMILES string of the molecule is CC(=O)c1ccc2c(c1)CN(CCCSC1(c3ccc(C)c(C#N)c3)N=CN=N1)CC2. The van der Waals surface area contributed by atoms with Crippen LogP contribution in [0.15, 0.2) is 51.6 Å². The minimum atomic E-state index is -0.788. The Hall–Kier alpha value is -2.82. The van der Waals surface area contributed by atoms with Gasteiger partial charge >= 0.3 is 0 Å². The Morgan fingerprint density at radius 3 is 2.87 bits per heavy atom. The normalized spacial score (nSPS) is 19.9. The van der Waals surface area contributed by atoms with Gasteiger partial charge in [-0.1, -0.05) is 24.3 Å². The molecule has 2 aliphatic heterocycles. The van der Waals surface area contributed by atoms with E-state index in [1.165, 1.54) is 17.5 Å². The molecule has 0 aromatic heterocycles. The average Bonchev–Trinajstić information content (AvgIpc) is 3.26. The molecule has 0 fully saturated rings. The van der Waals surface area contributed by atoms with Crippen molar-refractivity contribution >= 4 is 23.9 Å². The lowest BCUT2D eigenvalue weighted by molar-refractivity contribution is 0.101. The number of aryl methyl sites for hydroxylation is 1. The first-order valence-electron chi connectivity index (χ1n) is 10.5. The van der Waals surface area contributed by atoms with E-state index in [1.807, 2.05) is 37.3 Å². The van der Waals surface area contributed by atoms with Crippen molar-refractivity contribution < 1.29 is 4.79 Å². The second kappa shape index (κ2) is 9.13. The summed E-state index contributed by atoms with van der Waals surface area (Å²) in [7, 11) is 0. The first-order chi connectivity index (χ1) is 15.0. The van der Waals surface area contributed by atoms with Crippen molar-refractivity contribution in [1.82, 2.24) is 4.90 Å². The number of rotatable bonds is 7. The molecule has 6 nitrogen and oxygen atoms in total. The summed E-state index contributed by atoms with van der Waals surface area (Å²) in [6.07, 6.45) is 3.51. The highest BCUT2D eigenvalue weighted by molar-refractivity contribution is 8.00. The van der Waals surface area contributed by atoms with Crippen LogP contribution in [0.1, 0.15) is 51.5 Å². The van der Waals surface area contributed by atoms with Gasteiger partial charge in [-0.15, -0.1) is 22.0 Å². The maximum atomic E-state index is 11.7. The molecule has 7 heteroatoms. The molecule has 4 rings (SSSR count). The van der Waals surface area contributed by atoms with Gasteiger partial charge in [-0.3, -0.25) is 9.69 Å². The first kappa shape index (κ1) is 21.4. The van der Waals surface area contributed by atoms with Crippen LogP contribution >= 0.6 is 11.8 Å². The summed E-state index contributed by atoms with van der Waals surface area (Å²) in [6, 6.07) is 14.1. The fraction of sp³-hybridized carbons (Fsp3) is 0.375. The molecular formula is C24H25N5OS. The molecule has 0 spiro atoms. The fourth-order valence-electron chi connectivity index (χ4n) is 3.99. The number of nitrogens with zero attached hydrogens (tertiary/aromatic N) is 5. The van der Waals surface area contributed by atoms with Gasteiger partial charge in [0.1, 0.15) is 6.34 Å². The highest BCUT2D eigenvalue weighted by Gasteiger charge is 2.34. The van der Waals surface area contributed by atoms with E-state index in [1.54, 1.807) is 18.7 Å². The van der Waals surface area contributed by atoms with E-state index in [9.17, 15) is 10.1 Å². The third-order valence-corrected chi connectivity index (χ3v) is 7.16. The van der Waals surface area contributed by atoms with E-state index >= 15 is 0 Å². The van der Waals surface area contributed by atoms with E-state index in [0.29, 0.717) is 5.56 Å².